The van der Waals surface area contributed by atoms with Crippen molar-refractivity contribution < 1.29 is 13.9 Å². The Balaban J connectivity index is 2.01. The molecule has 4 nitrogen and oxygen atoms in total. The third-order valence-electron chi connectivity index (χ3n) is 2.68. The van der Waals surface area contributed by atoms with Crippen molar-refractivity contribution in [3.8, 4) is 5.75 Å². The predicted octanol–water partition coefficient (Wildman–Crippen LogP) is 2.81. The minimum absolute atomic E-state index is 0.376. The number of ether oxygens (including phenoxy) is 1. The van der Waals surface area contributed by atoms with Crippen LogP contribution in [0.1, 0.15) is 6.92 Å². The van der Waals surface area contributed by atoms with Gasteiger partial charge in [0.2, 0.25) is 0 Å². The van der Waals surface area contributed by atoms with Crippen molar-refractivity contribution in [1.82, 2.24) is 0 Å². The van der Waals surface area contributed by atoms with Crippen LogP contribution in [-0.2, 0) is 4.79 Å². The summed E-state index contributed by atoms with van der Waals surface area (Å²) in [6.45, 7) is 1.60. The van der Waals surface area contributed by atoms with Gasteiger partial charge in [-0.15, -0.1) is 0 Å². The van der Waals surface area contributed by atoms with Gasteiger partial charge in [-0.1, -0.05) is 18.2 Å². The number of carbonyl (C=O) groups is 1. The summed E-state index contributed by atoms with van der Waals surface area (Å²) in [7, 11) is 0. The Hall–Kier alpha value is -2.56. The zero-order valence-corrected chi connectivity index (χ0v) is 11.0. The highest BCUT2D eigenvalue weighted by Gasteiger charge is 2.16. The van der Waals surface area contributed by atoms with Crippen LogP contribution in [-0.4, -0.2) is 12.0 Å². The fourth-order valence-electron chi connectivity index (χ4n) is 1.64. The molecule has 20 heavy (non-hydrogen) atoms. The van der Waals surface area contributed by atoms with Crippen molar-refractivity contribution in [1.29, 1.82) is 0 Å². The van der Waals surface area contributed by atoms with Gasteiger partial charge >= 0.3 is 0 Å². The first-order valence-corrected chi connectivity index (χ1v) is 6.14. The quantitative estimate of drug-likeness (QED) is 0.843. The molecule has 2 aromatic rings. The highest BCUT2D eigenvalue weighted by molar-refractivity contribution is 5.94. The summed E-state index contributed by atoms with van der Waals surface area (Å²) in [6, 6.07) is 12.6. The second kappa shape index (κ2) is 6.06. The van der Waals surface area contributed by atoms with Crippen LogP contribution in [0.5, 0.6) is 5.75 Å². The van der Waals surface area contributed by atoms with Gasteiger partial charge in [0.05, 0.1) is 5.69 Å². The molecule has 1 amide bonds. The second-order valence-electron chi connectivity index (χ2n) is 4.30. The van der Waals surface area contributed by atoms with Crippen molar-refractivity contribution >= 4 is 17.3 Å². The van der Waals surface area contributed by atoms with E-state index in [-0.39, 0.29) is 5.91 Å². The minimum Gasteiger partial charge on any atom is -0.479 e. The van der Waals surface area contributed by atoms with Gasteiger partial charge in [0, 0.05) is 5.69 Å². The zero-order valence-electron chi connectivity index (χ0n) is 11.0. The maximum atomic E-state index is 13.0. The van der Waals surface area contributed by atoms with Gasteiger partial charge in [0.25, 0.3) is 5.91 Å². The van der Waals surface area contributed by atoms with Crippen LogP contribution in [0.3, 0.4) is 0 Å². The van der Waals surface area contributed by atoms with Crippen molar-refractivity contribution in [2.75, 3.05) is 11.1 Å². The molecule has 0 aliphatic carbocycles. The Morgan fingerprint density at radius 3 is 2.70 bits per heavy atom. The number of anilines is 2. The van der Waals surface area contributed by atoms with E-state index >= 15 is 0 Å². The molecule has 0 aliphatic heterocycles. The van der Waals surface area contributed by atoms with E-state index < -0.39 is 11.9 Å². The van der Waals surface area contributed by atoms with E-state index in [1.54, 1.807) is 37.3 Å². The number of nitrogen functional groups attached to an aromatic ring is 1. The largest absolute Gasteiger partial charge is 0.479 e. The molecule has 5 heteroatoms. The fraction of sp³-hybridized carbons (Fsp3) is 0.133. The lowest BCUT2D eigenvalue weighted by atomic mass is 10.2. The summed E-state index contributed by atoms with van der Waals surface area (Å²) >= 11 is 0. The van der Waals surface area contributed by atoms with Gasteiger partial charge in [-0.3, -0.25) is 4.79 Å². The first-order chi connectivity index (χ1) is 9.56. The molecule has 2 rings (SSSR count). The monoisotopic (exact) mass is 274 g/mol. The summed E-state index contributed by atoms with van der Waals surface area (Å²) in [6.07, 6.45) is -0.747. The van der Waals surface area contributed by atoms with E-state index in [9.17, 15) is 9.18 Å². The zero-order chi connectivity index (χ0) is 14.5. The van der Waals surface area contributed by atoms with E-state index in [1.165, 1.54) is 18.2 Å². The standard InChI is InChI=1S/C15H15FN2O2/c1-10(20-14-8-3-2-7-13(14)17)15(19)18-12-6-4-5-11(16)9-12/h2-10H,17H2,1H3,(H,18,19). The summed E-state index contributed by atoms with van der Waals surface area (Å²) in [5.41, 5.74) is 6.57. The first-order valence-electron chi connectivity index (χ1n) is 6.14. The van der Waals surface area contributed by atoms with Gasteiger partial charge in [-0.25, -0.2) is 4.39 Å². The van der Waals surface area contributed by atoms with Crippen LogP contribution < -0.4 is 15.8 Å². The molecule has 104 valence electrons. The number of hydrogen-bond acceptors (Lipinski definition) is 3. The fourth-order valence-corrected chi connectivity index (χ4v) is 1.64. The van der Waals surface area contributed by atoms with Crippen LogP contribution in [0.4, 0.5) is 15.8 Å². The number of nitrogens with two attached hydrogens (primary N) is 1. The average molecular weight is 274 g/mol. The summed E-state index contributed by atoms with van der Waals surface area (Å²) in [5, 5.41) is 2.58. The lowest BCUT2D eigenvalue weighted by Crippen LogP contribution is -2.30. The van der Waals surface area contributed by atoms with Crippen molar-refractivity contribution in [3.63, 3.8) is 0 Å². The van der Waals surface area contributed by atoms with E-state index in [0.717, 1.165) is 0 Å². The summed E-state index contributed by atoms with van der Waals surface area (Å²) in [5.74, 6) is -0.350. The number of rotatable bonds is 4. The van der Waals surface area contributed by atoms with Crippen LogP contribution in [0, 0.1) is 5.82 Å². The van der Waals surface area contributed by atoms with Crippen molar-refractivity contribution in [2.45, 2.75) is 13.0 Å². The number of amides is 1. The third kappa shape index (κ3) is 3.47. The van der Waals surface area contributed by atoms with E-state index in [0.29, 0.717) is 17.1 Å². The molecule has 0 saturated carbocycles. The van der Waals surface area contributed by atoms with Crippen LogP contribution >= 0.6 is 0 Å². The van der Waals surface area contributed by atoms with Crippen LogP contribution in [0.25, 0.3) is 0 Å². The molecule has 0 spiro atoms. The number of benzene rings is 2. The molecule has 3 N–H and O–H groups in total. The summed E-state index contributed by atoms with van der Waals surface area (Å²) < 4.78 is 18.5. The van der Waals surface area contributed by atoms with Crippen LogP contribution in [0.15, 0.2) is 48.5 Å². The van der Waals surface area contributed by atoms with Crippen molar-refractivity contribution in [3.05, 3.63) is 54.3 Å². The molecule has 0 radical (unpaired) electrons. The molecule has 1 atom stereocenters. The van der Waals surface area contributed by atoms with Gasteiger partial charge in [-0.2, -0.15) is 0 Å². The van der Waals surface area contributed by atoms with Gasteiger partial charge < -0.3 is 15.8 Å². The average Bonchev–Trinajstić information content (AvgIpc) is 2.41. The number of para-hydroxylation sites is 2. The SMILES string of the molecule is CC(Oc1ccccc1N)C(=O)Nc1cccc(F)c1. The topological polar surface area (TPSA) is 64.3 Å². The predicted molar refractivity (Wildman–Crippen MR) is 76.0 cm³/mol. The normalized spacial score (nSPS) is 11.7. The lowest BCUT2D eigenvalue weighted by Gasteiger charge is -2.15. The Kier molecular flexibility index (Phi) is 4.20. The smallest absolute Gasteiger partial charge is 0.265 e. The highest BCUT2D eigenvalue weighted by Crippen LogP contribution is 2.21. The molecule has 0 heterocycles. The van der Waals surface area contributed by atoms with E-state index in [4.69, 9.17) is 10.5 Å². The maximum absolute atomic E-state index is 13.0. The Bertz CT molecular complexity index is 616. The molecule has 0 fully saturated rings. The molecule has 0 aromatic heterocycles. The van der Waals surface area contributed by atoms with Gasteiger partial charge in [0.15, 0.2) is 6.10 Å². The minimum atomic E-state index is -0.747. The molecular formula is C15H15FN2O2. The van der Waals surface area contributed by atoms with E-state index in [1.807, 2.05) is 0 Å². The second-order valence-corrected chi connectivity index (χ2v) is 4.30. The van der Waals surface area contributed by atoms with Crippen LogP contribution in [0.2, 0.25) is 0 Å². The Morgan fingerprint density at radius 2 is 2.00 bits per heavy atom. The Morgan fingerprint density at radius 1 is 1.25 bits per heavy atom. The summed E-state index contributed by atoms with van der Waals surface area (Å²) in [4.78, 5) is 11.9. The molecular weight excluding hydrogens is 259 g/mol. The van der Waals surface area contributed by atoms with Crippen molar-refractivity contribution in [2.24, 2.45) is 0 Å². The molecule has 2 aromatic carbocycles. The van der Waals surface area contributed by atoms with Gasteiger partial charge in [-0.05, 0) is 37.3 Å². The van der Waals surface area contributed by atoms with E-state index in [2.05, 4.69) is 5.32 Å². The molecule has 0 bridgehead atoms. The Labute approximate surface area is 116 Å². The van der Waals surface area contributed by atoms with Gasteiger partial charge in [0.1, 0.15) is 11.6 Å². The first kappa shape index (κ1) is 13.9. The lowest BCUT2D eigenvalue weighted by molar-refractivity contribution is -0.122. The number of nitrogens with one attached hydrogen (secondary N) is 1. The number of carbonyl (C=O) groups excluding carboxylic acids is 1. The third-order valence-corrected chi connectivity index (χ3v) is 2.68. The molecule has 0 saturated heterocycles. The molecule has 0 aliphatic rings. The number of halogens is 1. The maximum Gasteiger partial charge on any atom is 0.265 e. The highest BCUT2D eigenvalue weighted by atomic mass is 19.1. The number of hydrogen-bond donors (Lipinski definition) is 2. The molecule has 1 unspecified atom stereocenters.